The van der Waals surface area contributed by atoms with Gasteiger partial charge in [0.05, 0.1) is 17.6 Å². The Morgan fingerprint density at radius 1 is 1.17 bits per heavy atom. The second-order valence-electron chi connectivity index (χ2n) is 8.34. The third-order valence-corrected chi connectivity index (χ3v) is 6.36. The number of hydrogen-bond acceptors (Lipinski definition) is 4. The van der Waals surface area contributed by atoms with Crippen LogP contribution in [0.4, 0.5) is 0 Å². The number of carbonyl (C=O) groups excluding carboxylic acids is 1. The van der Waals surface area contributed by atoms with Gasteiger partial charge in [-0.15, -0.1) is 0 Å². The van der Waals surface area contributed by atoms with Crippen LogP contribution in [0.25, 0.3) is 0 Å². The van der Waals surface area contributed by atoms with Gasteiger partial charge in [-0.1, -0.05) is 12.5 Å². The van der Waals surface area contributed by atoms with Gasteiger partial charge in [-0.05, 0) is 70.8 Å². The summed E-state index contributed by atoms with van der Waals surface area (Å²) < 4.78 is 12.0. The fourth-order valence-electron chi connectivity index (χ4n) is 5.81. The third kappa shape index (κ3) is 1.70. The number of ether oxygens (including phenoxy) is 2. The minimum atomic E-state index is -1.29. The number of fused-ring (bicyclic) bond motifs is 3. The van der Waals surface area contributed by atoms with E-state index in [9.17, 15) is 9.90 Å². The molecule has 0 radical (unpaired) electrons. The van der Waals surface area contributed by atoms with Gasteiger partial charge >= 0.3 is 0 Å². The summed E-state index contributed by atoms with van der Waals surface area (Å²) in [6, 6.07) is 0. The van der Waals surface area contributed by atoms with E-state index in [2.05, 4.69) is 6.08 Å². The van der Waals surface area contributed by atoms with Crippen LogP contribution in [0.3, 0.4) is 0 Å². The van der Waals surface area contributed by atoms with E-state index in [4.69, 9.17) is 9.47 Å². The summed E-state index contributed by atoms with van der Waals surface area (Å²) in [5.41, 5.74) is -1.02. The van der Waals surface area contributed by atoms with Gasteiger partial charge in [0.25, 0.3) is 0 Å². The maximum Gasteiger partial charge on any atom is 0.211 e. The molecule has 0 aromatic heterocycles. The number of carbonyl (C=O) groups is 1. The van der Waals surface area contributed by atoms with Crippen LogP contribution in [0.2, 0.25) is 0 Å². The molecule has 0 aromatic rings. The first kappa shape index (κ1) is 16.2. The maximum absolute atomic E-state index is 13.5. The number of ketones is 1. The molecule has 4 atom stereocenters. The molecule has 2 saturated carbocycles. The summed E-state index contributed by atoms with van der Waals surface area (Å²) >= 11 is 0. The molecule has 132 valence electrons. The SMILES string of the molecule is CC(C)OC1=C(OC(C)C)[C@@]2(O)C3=CCC[C@H]3[C@@H]3CCC[C@@]32C1=O. The first-order valence-corrected chi connectivity index (χ1v) is 9.39. The predicted octanol–water partition coefficient (Wildman–Crippen LogP) is 3.50. The molecule has 1 spiro atoms. The topological polar surface area (TPSA) is 55.8 Å². The van der Waals surface area contributed by atoms with Gasteiger partial charge in [-0.2, -0.15) is 0 Å². The molecule has 4 aliphatic rings. The molecule has 0 bridgehead atoms. The van der Waals surface area contributed by atoms with Crippen LogP contribution in [0.1, 0.15) is 59.8 Å². The van der Waals surface area contributed by atoms with E-state index in [1.54, 1.807) is 0 Å². The van der Waals surface area contributed by atoms with E-state index in [0.29, 0.717) is 11.7 Å². The van der Waals surface area contributed by atoms with E-state index in [-0.39, 0.29) is 29.7 Å². The van der Waals surface area contributed by atoms with Crippen molar-refractivity contribution < 1.29 is 19.4 Å². The van der Waals surface area contributed by atoms with Crippen LogP contribution in [0.15, 0.2) is 23.2 Å². The predicted molar refractivity (Wildman–Crippen MR) is 90.0 cm³/mol. The first-order chi connectivity index (χ1) is 11.3. The monoisotopic (exact) mass is 332 g/mol. The van der Waals surface area contributed by atoms with Gasteiger partial charge in [-0.3, -0.25) is 4.79 Å². The summed E-state index contributed by atoms with van der Waals surface area (Å²) in [6.07, 6.45) is 6.69. The zero-order chi connectivity index (χ0) is 17.3. The van der Waals surface area contributed by atoms with E-state index < -0.39 is 11.0 Å². The number of rotatable bonds is 4. The number of Topliss-reactive ketones (excluding diaryl/α,β-unsaturated/α-hetero) is 1. The van der Waals surface area contributed by atoms with Gasteiger partial charge < -0.3 is 14.6 Å². The van der Waals surface area contributed by atoms with Crippen LogP contribution < -0.4 is 0 Å². The number of aliphatic hydroxyl groups is 1. The largest absolute Gasteiger partial charge is 0.488 e. The third-order valence-electron chi connectivity index (χ3n) is 6.36. The fraction of sp³-hybridized carbons (Fsp3) is 0.750. The lowest BCUT2D eigenvalue weighted by atomic mass is 9.69. The highest BCUT2D eigenvalue weighted by Gasteiger charge is 2.78. The molecule has 0 amide bonds. The molecule has 4 aliphatic carbocycles. The Bertz CT molecular complexity index is 644. The van der Waals surface area contributed by atoms with E-state index in [1.807, 2.05) is 27.7 Å². The van der Waals surface area contributed by atoms with Crippen LogP contribution in [0, 0.1) is 17.3 Å². The van der Waals surface area contributed by atoms with Gasteiger partial charge in [0.2, 0.25) is 11.5 Å². The molecule has 4 nitrogen and oxygen atoms in total. The zero-order valence-electron chi connectivity index (χ0n) is 15.1. The Morgan fingerprint density at radius 3 is 2.54 bits per heavy atom. The molecule has 0 aromatic carbocycles. The number of hydrogen-bond donors (Lipinski definition) is 1. The Balaban J connectivity index is 1.92. The average molecular weight is 332 g/mol. The number of allylic oxidation sites excluding steroid dienone is 2. The van der Waals surface area contributed by atoms with Crippen molar-refractivity contribution in [2.45, 2.75) is 77.6 Å². The summed E-state index contributed by atoms with van der Waals surface area (Å²) in [6.45, 7) is 7.68. The van der Waals surface area contributed by atoms with Crippen LogP contribution >= 0.6 is 0 Å². The quantitative estimate of drug-likeness (QED) is 0.801. The highest BCUT2D eigenvalue weighted by Crippen LogP contribution is 2.72. The Kier molecular flexibility index (Phi) is 3.44. The van der Waals surface area contributed by atoms with Crippen molar-refractivity contribution >= 4 is 5.78 Å². The van der Waals surface area contributed by atoms with Crippen molar-refractivity contribution in [1.82, 2.24) is 0 Å². The highest BCUT2D eigenvalue weighted by molar-refractivity contribution is 6.05. The van der Waals surface area contributed by atoms with Gasteiger partial charge in [0.15, 0.2) is 11.4 Å². The van der Waals surface area contributed by atoms with Crippen molar-refractivity contribution in [2.24, 2.45) is 17.3 Å². The minimum absolute atomic E-state index is 0.0212. The zero-order valence-corrected chi connectivity index (χ0v) is 15.1. The lowest BCUT2D eigenvalue weighted by Gasteiger charge is -2.37. The van der Waals surface area contributed by atoms with Crippen molar-refractivity contribution in [2.75, 3.05) is 0 Å². The molecule has 24 heavy (non-hydrogen) atoms. The van der Waals surface area contributed by atoms with Crippen LogP contribution in [-0.2, 0) is 14.3 Å². The minimum Gasteiger partial charge on any atom is -0.488 e. The van der Waals surface area contributed by atoms with E-state index >= 15 is 0 Å². The maximum atomic E-state index is 13.5. The summed E-state index contributed by atoms with van der Waals surface area (Å²) in [4.78, 5) is 13.5. The highest BCUT2D eigenvalue weighted by atomic mass is 16.5. The fourth-order valence-corrected chi connectivity index (χ4v) is 5.81. The van der Waals surface area contributed by atoms with Crippen molar-refractivity contribution in [3.8, 4) is 0 Å². The van der Waals surface area contributed by atoms with Gasteiger partial charge in [-0.25, -0.2) is 0 Å². The average Bonchev–Trinajstić information content (AvgIpc) is 3.19. The van der Waals surface area contributed by atoms with Crippen molar-refractivity contribution in [1.29, 1.82) is 0 Å². The molecule has 0 unspecified atom stereocenters. The van der Waals surface area contributed by atoms with E-state index in [0.717, 1.165) is 37.7 Å². The van der Waals surface area contributed by atoms with Gasteiger partial charge in [0, 0.05) is 0 Å². The standard InChI is InChI=1S/C20H28O4/c1-11(2)23-16-17(21)19-10-6-9-14(19)13-7-5-8-15(13)20(19,22)18(16)24-12(3)4/h8,11-14,22H,5-7,9-10H2,1-4H3/t13-,14-,19-,20-/m0/s1. The first-order valence-electron chi connectivity index (χ1n) is 9.39. The molecular formula is C20H28O4. The van der Waals surface area contributed by atoms with E-state index in [1.165, 1.54) is 0 Å². The Hall–Kier alpha value is -1.29. The molecule has 4 heteroatoms. The molecule has 2 fully saturated rings. The Labute approximate surface area is 143 Å². The van der Waals surface area contributed by atoms with Crippen LogP contribution in [-0.4, -0.2) is 28.7 Å². The van der Waals surface area contributed by atoms with Crippen molar-refractivity contribution in [3.05, 3.63) is 23.2 Å². The normalized spacial score (nSPS) is 40.3. The smallest absolute Gasteiger partial charge is 0.211 e. The molecule has 1 N–H and O–H groups in total. The van der Waals surface area contributed by atoms with Crippen LogP contribution in [0.5, 0.6) is 0 Å². The molecule has 0 saturated heterocycles. The molecule has 0 aliphatic heterocycles. The van der Waals surface area contributed by atoms with Crippen molar-refractivity contribution in [3.63, 3.8) is 0 Å². The summed E-state index contributed by atoms with van der Waals surface area (Å²) in [7, 11) is 0. The summed E-state index contributed by atoms with van der Waals surface area (Å²) in [5, 5.41) is 12.0. The molecule has 0 heterocycles. The Morgan fingerprint density at radius 2 is 1.88 bits per heavy atom. The second-order valence-corrected chi connectivity index (χ2v) is 8.34. The second kappa shape index (κ2) is 5.10. The van der Waals surface area contributed by atoms with Gasteiger partial charge in [0.1, 0.15) is 0 Å². The molecule has 4 rings (SSSR count). The lowest BCUT2D eigenvalue weighted by Crippen LogP contribution is -2.48. The lowest BCUT2D eigenvalue weighted by molar-refractivity contribution is -0.137. The summed E-state index contributed by atoms with van der Waals surface area (Å²) in [5.74, 6) is 1.20. The molecular weight excluding hydrogens is 304 g/mol.